The van der Waals surface area contributed by atoms with E-state index in [0.717, 1.165) is 12.8 Å². The molecule has 3 aromatic rings. The number of benzene rings is 2. The molecule has 8 heteroatoms. The summed E-state index contributed by atoms with van der Waals surface area (Å²) < 4.78 is 42.0. The first-order valence-corrected chi connectivity index (χ1v) is 11.2. The van der Waals surface area contributed by atoms with Gasteiger partial charge in [0.05, 0.1) is 34.5 Å². The molecule has 1 unspecified atom stereocenters. The van der Waals surface area contributed by atoms with Gasteiger partial charge in [0.15, 0.2) is 0 Å². The number of nitrogens with zero attached hydrogens (tertiary/aromatic N) is 3. The third-order valence-corrected chi connectivity index (χ3v) is 7.46. The number of aryl methyl sites for hydroxylation is 1. The van der Waals surface area contributed by atoms with Gasteiger partial charge >= 0.3 is 0 Å². The summed E-state index contributed by atoms with van der Waals surface area (Å²) in [5.41, 5.74) is 2.26. The highest BCUT2D eigenvalue weighted by molar-refractivity contribution is 7.89. The average molecular weight is 425 g/mol. The van der Waals surface area contributed by atoms with E-state index in [2.05, 4.69) is 9.97 Å². The zero-order chi connectivity index (χ0) is 21.3. The Morgan fingerprint density at radius 2 is 2.07 bits per heavy atom. The van der Waals surface area contributed by atoms with E-state index in [4.69, 9.17) is 5.26 Å². The quantitative estimate of drug-likeness (QED) is 0.676. The first-order valence-electron chi connectivity index (χ1n) is 9.73. The highest BCUT2D eigenvalue weighted by atomic mass is 32.2. The number of aromatic amines is 1. The Labute approximate surface area is 175 Å². The van der Waals surface area contributed by atoms with Gasteiger partial charge in [-0.2, -0.15) is 9.57 Å². The number of nitrogens with one attached hydrogen (secondary N) is 1. The summed E-state index contributed by atoms with van der Waals surface area (Å²) in [4.78, 5) is 7.81. The molecular weight excluding hydrogens is 403 g/mol. The molecule has 1 aliphatic heterocycles. The fraction of sp³-hybridized carbons (Fsp3) is 0.273. The minimum atomic E-state index is -3.77. The smallest absolute Gasteiger partial charge is 0.244 e. The van der Waals surface area contributed by atoms with E-state index in [9.17, 15) is 12.8 Å². The molecule has 1 atom stereocenters. The summed E-state index contributed by atoms with van der Waals surface area (Å²) in [5.74, 6) is 0.200. The number of nitriles is 1. The second-order valence-electron chi connectivity index (χ2n) is 7.41. The van der Waals surface area contributed by atoms with Crippen LogP contribution in [-0.4, -0.2) is 29.2 Å². The number of rotatable bonds is 4. The van der Waals surface area contributed by atoms with Gasteiger partial charge in [0.2, 0.25) is 10.0 Å². The standard InChI is InChI=1S/C22H21FN4O2S/c1-15-11-16(13-24)8-9-21(15)30(28,29)27-10-3-2-7-20(27)22-25-14-19(26-22)17-5-4-6-18(23)12-17/h4-6,8-9,11-12,14,20H,2-3,7,10H2,1H3,(H,25,26). The lowest BCUT2D eigenvalue weighted by Gasteiger charge is -2.33. The predicted octanol–water partition coefficient (Wildman–Crippen LogP) is 4.31. The van der Waals surface area contributed by atoms with Crippen LogP contribution in [0, 0.1) is 24.1 Å². The van der Waals surface area contributed by atoms with Crippen molar-refractivity contribution in [3.8, 4) is 17.3 Å². The molecule has 1 aliphatic rings. The topological polar surface area (TPSA) is 89.8 Å². The molecule has 30 heavy (non-hydrogen) atoms. The molecular formula is C22H21FN4O2S. The van der Waals surface area contributed by atoms with Crippen molar-refractivity contribution in [3.63, 3.8) is 0 Å². The summed E-state index contributed by atoms with van der Waals surface area (Å²) >= 11 is 0. The van der Waals surface area contributed by atoms with E-state index in [-0.39, 0.29) is 10.7 Å². The van der Waals surface area contributed by atoms with Gasteiger partial charge in [-0.25, -0.2) is 17.8 Å². The van der Waals surface area contributed by atoms with E-state index in [1.807, 2.05) is 6.07 Å². The SMILES string of the molecule is Cc1cc(C#N)ccc1S(=O)(=O)N1CCCCC1c1ncc(-c2cccc(F)c2)[nH]1. The monoisotopic (exact) mass is 424 g/mol. The third kappa shape index (κ3) is 3.74. The normalized spacial score (nSPS) is 17.6. The van der Waals surface area contributed by atoms with Crippen LogP contribution in [0.3, 0.4) is 0 Å². The Balaban J connectivity index is 1.69. The van der Waals surface area contributed by atoms with Crippen molar-refractivity contribution < 1.29 is 12.8 Å². The van der Waals surface area contributed by atoms with Crippen molar-refractivity contribution in [2.45, 2.75) is 37.1 Å². The molecule has 0 spiro atoms. The minimum absolute atomic E-state index is 0.199. The van der Waals surface area contributed by atoms with Crippen LogP contribution in [0.1, 0.15) is 42.3 Å². The zero-order valence-electron chi connectivity index (χ0n) is 16.5. The van der Waals surface area contributed by atoms with Crippen LogP contribution >= 0.6 is 0 Å². The Morgan fingerprint density at radius 1 is 1.23 bits per heavy atom. The summed E-state index contributed by atoms with van der Waals surface area (Å²) in [6, 6.07) is 12.4. The average Bonchev–Trinajstić information content (AvgIpc) is 3.23. The number of aromatic nitrogens is 2. The van der Waals surface area contributed by atoms with Crippen molar-refractivity contribution in [2.75, 3.05) is 6.54 Å². The predicted molar refractivity (Wildman–Crippen MR) is 110 cm³/mol. The molecule has 0 amide bonds. The van der Waals surface area contributed by atoms with Gasteiger partial charge in [0.1, 0.15) is 11.6 Å². The molecule has 1 aromatic heterocycles. The first kappa shape index (κ1) is 20.3. The lowest BCUT2D eigenvalue weighted by molar-refractivity contribution is 0.247. The van der Waals surface area contributed by atoms with Gasteiger partial charge in [0, 0.05) is 12.1 Å². The fourth-order valence-corrected chi connectivity index (χ4v) is 5.78. The molecule has 2 heterocycles. The molecule has 4 rings (SSSR count). The second kappa shape index (κ2) is 8.01. The summed E-state index contributed by atoms with van der Waals surface area (Å²) in [5, 5.41) is 9.06. The lowest BCUT2D eigenvalue weighted by atomic mass is 10.0. The maximum Gasteiger partial charge on any atom is 0.244 e. The van der Waals surface area contributed by atoms with Crippen molar-refractivity contribution in [1.82, 2.24) is 14.3 Å². The van der Waals surface area contributed by atoms with Gasteiger partial charge in [-0.1, -0.05) is 18.6 Å². The molecule has 2 aromatic carbocycles. The van der Waals surface area contributed by atoms with Gasteiger partial charge in [-0.15, -0.1) is 0 Å². The number of piperidine rings is 1. The van der Waals surface area contributed by atoms with Crippen LogP contribution in [0.5, 0.6) is 0 Å². The molecule has 1 N–H and O–H groups in total. The number of hydrogen-bond acceptors (Lipinski definition) is 4. The van der Waals surface area contributed by atoms with Crippen LogP contribution in [0.15, 0.2) is 53.6 Å². The fourth-order valence-electron chi connectivity index (χ4n) is 3.91. The summed E-state index contributed by atoms with van der Waals surface area (Å²) in [6.45, 7) is 2.09. The number of halogens is 1. The van der Waals surface area contributed by atoms with Gasteiger partial charge in [-0.3, -0.25) is 0 Å². The van der Waals surface area contributed by atoms with Crippen LogP contribution in [0.2, 0.25) is 0 Å². The summed E-state index contributed by atoms with van der Waals surface area (Å²) in [6.07, 6.45) is 3.91. The molecule has 0 radical (unpaired) electrons. The maximum absolute atomic E-state index is 13.6. The van der Waals surface area contributed by atoms with Gasteiger partial charge in [0.25, 0.3) is 0 Å². The van der Waals surface area contributed by atoms with Gasteiger partial charge in [-0.05, 0) is 55.7 Å². The van der Waals surface area contributed by atoms with E-state index in [0.29, 0.717) is 41.2 Å². The Hall–Kier alpha value is -3.02. The maximum atomic E-state index is 13.6. The Morgan fingerprint density at radius 3 is 2.80 bits per heavy atom. The van der Waals surface area contributed by atoms with E-state index in [1.165, 1.54) is 28.6 Å². The molecule has 6 nitrogen and oxygen atoms in total. The Bertz CT molecular complexity index is 1230. The highest BCUT2D eigenvalue weighted by Gasteiger charge is 2.36. The first-order chi connectivity index (χ1) is 14.4. The van der Waals surface area contributed by atoms with Crippen molar-refractivity contribution in [2.24, 2.45) is 0 Å². The van der Waals surface area contributed by atoms with E-state index >= 15 is 0 Å². The Kier molecular flexibility index (Phi) is 5.41. The van der Waals surface area contributed by atoms with Crippen LogP contribution < -0.4 is 0 Å². The molecule has 154 valence electrons. The van der Waals surface area contributed by atoms with Crippen molar-refractivity contribution in [1.29, 1.82) is 5.26 Å². The second-order valence-corrected chi connectivity index (χ2v) is 9.27. The molecule has 0 saturated carbocycles. The molecule has 0 bridgehead atoms. The third-order valence-electron chi connectivity index (χ3n) is 5.39. The van der Waals surface area contributed by atoms with Crippen LogP contribution in [0.25, 0.3) is 11.3 Å². The number of H-pyrrole nitrogens is 1. The number of hydrogen-bond donors (Lipinski definition) is 1. The van der Waals surface area contributed by atoms with Gasteiger partial charge < -0.3 is 4.98 Å². The van der Waals surface area contributed by atoms with Crippen molar-refractivity contribution >= 4 is 10.0 Å². The minimum Gasteiger partial charge on any atom is -0.341 e. The van der Waals surface area contributed by atoms with E-state index < -0.39 is 16.1 Å². The van der Waals surface area contributed by atoms with E-state index in [1.54, 1.807) is 31.3 Å². The highest BCUT2D eigenvalue weighted by Crippen LogP contribution is 2.36. The van der Waals surface area contributed by atoms with Crippen molar-refractivity contribution in [3.05, 3.63) is 71.4 Å². The lowest BCUT2D eigenvalue weighted by Crippen LogP contribution is -2.39. The molecule has 0 aliphatic carbocycles. The number of sulfonamides is 1. The molecule has 1 saturated heterocycles. The van der Waals surface area contributed by atoms with Crippen LogP contribution in [0.4, 0.5) is 4.39 Å². The summed E-state index contributed by atoms with van der Waals surface area (Å²) in [7, 11) is -3.77. The number of imidazole rings is 1. The largest absolute Gasteiger partial charge is 0.341 e. The molecule has 1 fully saturated rings. The zero-order valence-corrected chi connectivity index (χ0v) is 17.3. The van der Waals surface area contributed by atoms with Crippen LogP contribution in [-0.2, 0) is 10.0 Å².